The maximum atomic E-state index is 13.0. The summed E-state index contributed by atoms with van der Waals surface area (Å²) in [7, 11) is -1.14. The van der Waals surface area contributed by atoms with Gasteiger partial charge in [0.25, 0.3) is 5.56 Å². The fourth-order valence-corrected chi connectivity index (χ4v) is 6.29. The average molecular weight is 451 g/mol. The van der Waals surface area contributed by atoms with Gasteiger partial charge in [-0.2, -0.15) is 0 Å². The number of aromatic nitrogens is 2. The normalized spacial score (nSPS) is 16.7. The zero-order chi connectivity index (χ0) is 23.0. The zero-order valence-corrected chi connectivity index (χ0v) is 20.1. The number of fused-ring (bicyclic) bond motifs is 1. The molecule has 32 heavy (non-hydrogen) atoms. The van der Waals surface area contributed by atoms with Crippen LogP contribution in [0, 0.1) is 6.92 Å². The van der Waals surface area contributed by atoms with Crippen LogP contribution in [-0.2, 0) is 0 Å². The molecular formula is C24H30N4O3Si. The van der Waals surface area contributed by atoms with Crippen LogP contribution in [0.25, 0.3) is 5.65 Å². The van der Waals surface area contributed by atoms with Crippen LogP contribution in [0.1, 0.15) is 34.5 Å². The number of carboxylic acid groups (broad SMARTS) is 1. The number of rotatable bonds is 5. The summed E-state index contributed by atoms with van der Waals surface area (Å²) in [6, 6.07) is 12.6. The lowest BCUT2D eigenvalue weighted by Gasteiger charge is -2.36. The van der Waals surface area contributed by atoms with Crippen LogP contribution < -0.4 is 15.8 Å². The first-order valence-electron chi connectivity index (χ1n) is 11.0. The van der Waals surface area contributed by atoms with Gasteiger partial charge in [-0.15, -0.1) is 0 Å². The minimum atomic E-state index is -1.14. The van der Waals surface area contributed by atoms with Gasteiger partial charge in [0, 0.05) is 36.6 Å². The van der Waals surface area contributed by atoms with Gasteiger partial charge in [-0.25, -0.2) is 9.78 Å². The van der Waals surface area contributed by atoms with Gasteiger partial charge in [-0.1, -0.05) is 25.2 Å². The molecule has 0 aliphatic carbocycles. The highest BCUT2D eigenvalue weighted by Crippen LogP contribution is 2.28. The summed E-state index contributed by atoms with van der Waals surface area (Å²) in [4.78, 5) is 31.8. The number of para-hydroxylation sites is 1. The second kappa shape index (κ2) is 8.42. The molecule has 1 aliphatic heterocycles. The van der Waals surface area contributed by atoms with E-state index < -0.39 is 14.0 Å². The van der Waals surface area contributed by atoms with Gasteiger partial charge in [0.15, 0.2) is 0 Å². The molecule has 4 rings (SSSR count). The molecule has 0 radical (unpaired) electrons. The van der Waals surface area contributed by atoms with Crippen molar-refractivity contribution in [1.82, 2.24) is 9.38 Å². The molecule has 1 fully saturated rings. The van der Waals surface area contributed by atoms with E-state index in [0.717, 1.165) is 30.0 Å². The van der Waals surface area contributed by atoms with Crippen LogP contribution in [-0.4, -0.2) is 41.6 Å². The van der Waals surface area contributed by atoms with Gasteiger partial charge in [-0.3, -0.25) is 9.20 Å². The molecule has 0 unspecified atom stereocenters. The molecule has 0 bridgehead atoms. The number of aryl methyl sites for hydroxylation is 1. The Labute approximate surface area is 188 Å². The number of nitrogens with one attached hydrogen (secondary N) is 1. The topological polar surface area (TPSA) is 86.9 Å². The van der Waals surface area contributed by atoms with Crippen LogP contribution in [0.2, 0.25) is 25.2 Å². The SMILES string of the molecule is Cc1cc([C@@H](C)Nc2ccccc2C(=O)O)c2nc(N3CC[Si](C)(C)CC3)cc(=O)n2c1. The van der Waals surface area contributed by atoms with Crippen LogP contribution >= 0.6 is 0 Å². The minimum Gasteiger partial charge on any atom is -0.478 e. The first-order chi connectivity index (χ1) is 15.1. The lowest BCUT2D eigenvalue weighted by Crippen LogP contribution is -2.43. The Hall–Kier alpha value is -3.13. The highest BCUT2D eigenvalue weighted by atomic mass is 28.3. The van der Waals surface area contributed by atoms with Crippen molar-refractivity contribution in [3.8, 4) is 0 Å². The number of anilines is 2. The third-order valence-corrected chi connectivity index (χ3v) is 9.50. The van der Waals surface area contributed by atoms with E-state index in [1.807, 2.05) is 26.1 Å². The number of benzene rings is 1. The number of aromatic carboxylic acids is 1. The number of carbonyl (C=O) groups is 1. The fraction of sp³-hybridized carbons (Fsp3) is 0.375. The standard InChI is InChI=1S/C24H30N4O3Si/c1-16-13-19(17(2)25-20-8-6-5-7-18(20)24(30)31)23-26-21(14-22(29)28(23)15-16)27-9-11-32(3,4)12-10-27/h5-8,13-15,17,25H,9-12H2,1-4H3,(H,30,31)/t17-/m1/s1. The Morgan fingerprint density at radius 2 is 1.88 bits per heavy atom. The van der Waals surface area contributed by atoms with E-state index in [-0.39, 0.29) is 17.2 Å². The second-order valence-corrected chi connectivity index (χ2v) is 14.8. The van der Waals surface area contributed by atoms with Crippen LogP contribution in [0.3, 0.4) is 0 Å². The molecule has 0 saturated carbocycles. The summed E-state index contributed by atoms with van der Waals surface area (Å²) in [5.74, 6) is -0.259. The van der Waals surface area contributed by atoms with Crippen LogP contribution in [0.5, 0.6) is 0 Å². The van der Waals surface area contributed by atoms with Gasteiger partial charge < -0.3 is 15.3 Å². The molecule has 1 aliphatic rings. The van der Waals surface area contributed by atoms with Crippen LogP contribution in [0.15, 0.2) is 47.4 Å². The van der Waals surface area contributed by atoms with Crippen LogP contribution in [0.4, 0.5) is 11.5 Å². The van der Waals surface area contributed by atoms with Gasteiger partial charge in [0.05, 0.1) is 19.7 Å². The van der Waals surface area contributed by atoms with Crippen molar-refractivity contribution in [2.24, 2.45) is 0 Å². The van der Waals surface area contributed by atoms with Crippen molar-refractivity contribution in [2.45, 2.75) is 45.1 Å². The van der Waals surface area contributed by atoms with Crippen molar-refractivity contribution in [2.75, 3.05) is 23.3 Å². The molecule has 168 valence electrons. The molecule has 3 aromatic rings. The van der Waals surface area contributed by atoms with E-state index in [0.29, 0.717) is 11.3 Å². The second-order valence-electron chi connectivity index (χ2n) is 9.49. The lowest BCUT2D eigenvalue weighted by atomic mass is 10.1. The fourth-order valence-electron chi connectivity index (χ4n) is 4.29. The first kappa shape index (κ1) is 22.1. The van der Waals surface area contributed by atoms with Gasteiger partial charge in [-0.05, 0) is 49.7 Å². The number of hydrogen-bond acceptors (Lipinski definition) is 5. The first-order valence-corrected chi connectivity index (χ1v) is 14.4. The van der Waals surface area contributed by atoms with Gasteiger partial charge in [0.1, 0.15) is 11.5 Å². The summed E-state index contributed by atoms with van der Waals surface area (Å²) in [6.45, 7) is 10.6. The lowest BCUT2D eigenvalue weighted by molar-refractivity contribution is 0.0698. The minimum absolute atomic E-state index is 0.102. The van der Waals surface area contributed by atoms with E-state index >= 15 is 0 Å². The average Bonchev–Trinajstić information content (AvgIpc) is 2.74. The van der Waals surface area contributed by atoms with E-state index in [1.54, 1.807) is 34.7 Å². The molecule has 1 saturated heterocycles. The molecule has 1 atom stereocenters. The van der Waals surface area contributed by atoms with Crippen molar-refractivity contribution >= 4 is 31.2 Å². The monoisotopic (exact) mass is 450 g/mol. The number of carboxylic acids is 1. The zero-order valence-electron chi connectivity index (χ0n) is 19.1. The largest absolute Gasteiger partial charge is 0.478 e. The number of pyridine rings is 1. The Morgan fingerprint density at radius 3 is 2.56 bits per heavy atom. The third-order valence-electron chi connectivity index (χ3n) is 6.35. The molecule has 7 nitrogen and oxygen atoms in total. The molecule has 8 heteroatoms. The van der Waals surface area contributed by atoms with Gasteiger partial charge >= 0.3 is 5.97 Å². The van der Waals surface area contributed by atoms with E-state index in [1.165, 1.54) is 12.1 Å². The summed E-state index contributed by atoms with van der Waals surface area (Å²) in [5, 5.41) is 12.8. The molecule has 2 N–H and O–H groups in total. The molecule has 1 aromatic carbocycles. The Kier molecular flexibility index (Phi) is 5.81. The molecule has 0 amide bonds. The van der Waals surface area contributed by atoms with E-state index in [9.17, 15) is 14.7 Å². The van der Waals surface area contributed by atoms with Crippen molar-refractivity contribution in [3.63, 3.8) is 0 Å². The predicted octanol–water partition coefficient (Wildman–Crippen LogP) is 4.40. The van der Waals surface area contributed by atoms with E-state index in [4.69, 9.17) is 4.98 Å². The Bertz CT molecular complexity index is 1230. The summed E-state index contributed by atoms with van der Waals surface area (Å²) >= 11 is 0. The predicted molar refractivity (Wildman–Crippen MR) is 131 cm³/mol. The third kappa shape index (κ3) is 4.41. The van der Waals surface area contributed by atoms with Crippen molar-refractivity contribution in [1.29, 1.82) is 0 Å². The van der Waals surface area contributed by atoms with Crippen molar-refractivity contribution in [3.05, 3.63) is 69.6 Å². The number of hydrogen-bond donors (Lipinski definition) is 2. The highest BCUT2D eigenvalue weighted by molar-refractivity contribution is 6.77. The van der Waals surface area contributed by atoms with Crippen molar-refractivity contribution < 1.29 is 9.90 Å². The molecule has 3 heterocycles. The number of nitrogens with zero attached hydrogens (tertiary/aromatic N) is 3. The Balaban J connectivity index is 1.75. The Morgan fingerprint density at radius 1 is 1.19 bits per heavy atom. The molecular weight excluding hydrogens is 420 g/mol. The maximum Gasteiger partial charge on any atom is 0.337 e. The van der Waals surface area contributed by atoms with E-state index in [2.05, 4.69) is 23.3 Å². The molecule has 2 aromatic heterocycles. The summed E-state index contributed by atoms with van der Waals surface area (Å²) in [6.07, 6.45) is 1.81. The summed E-state index contributed by atoms with van der Waals surface area (Å²) < 4.78 is 1.60. The highest BCUT2D eigenvalue weighted by Gasteiger charge is 2.28. The molecule has 0 spiro atoms. The van der Waals surface area contributed by atoms with Gasteiger partial charge in [0.2, 0.25) is 0 Å². The quantitative estimate of drug-likeness (QED) is 0.560. The summed E-state index contributed by atoms with van der Waals surface area (Å²) in [5.41, 5.74) is 3.05. The smallest absolute Gasteiger partial charge is 0.337 e. The maximum absolute atomic E-state index is 13.0.